The number of aromatic nitrogens is 4. The van der Waals surface area contributed by atoms with Gasteiger partial charge in [-0.1, -0.05) is 12.5 Å². The molecule has 0 unspecified atom stereocenters. The molecule has 4 atom stereocenters. The summed E-state index contributed by atoms with van der Waals surface area (Å²) in [5, 5.41) is 8.34. The fraction of sp³-hybridized carbons (Fsp3) is 0.674. The van der Waals surface area contributed by atoms with E-state index < -0.39 is 53.7 Å². The number of thiophene rings is 1. The van der Waals surface area contributed by atoms with Crippen molar-refractivity contribution in [3.05, 3.63) is 35.0 Å². The van der Waals surface area contributed by atoms with E-state index in [2.05, 4.69) is 25.6 Å². The van der Waals surface area contributed by atoms with E-state index in [0.717, 1.165) is 4.88 Å². The molecule has 0 bridgehead atoms. The van der Waals surface area contributed by atoms with Crippen LogP contribution in [0.15, 0.2) is 30.2 Å². The molecule has 3 aromatic rings. The monoisotopic (exact) mass is 912 g/mol. The summed E-state index contributed by atoms with van der Waals surface area (Å²) in [6, 6.07) is 4.03. The second-order valence-corrected chi connectivity index (χ2v) is 19.6. The van der Waals surface area contributed by atoms with Crippen molar-refractivity contribution in [2.24, 2.45) is 0 Å². The quantitative estimate of drug-likeness (QED) is 0.191. The van der Waals surface area contributed by atoms with Gasteiger partial charge in [0.2, 0.25) is 12.3 Å². The maximum Gasteiger partial charge on any atom is 0.410 e. The van der Waals surface area contributed by atoms with Crippen LogP contribution in [0.4, 0.5) is 15.4 Å². The van der Waals surface area contributed by atoms with Crippen molar-refractivity contribution in [1.29, 1.82) is 0 Å². The largest absolute Gasteiger partial charge is 0.444 e. The zero-order valence-corrected chi connectivity index (χ0v) is 39.1. The number of anilines is 1. The molecule has 3 aliphatic heterocycles. The summed E-state index contributed by atoms with van der Waals surface area (Å²) in [4.78, 5) is 86.6. The third-order valence-electron chi connectivity index (χ3n) is 10.7. The van der Waals surface area contributed by atoms with Crippen molar-refractivity contribution >= 4 is 58.7 Å². The summed E-state index contributed by atoms with van der Waals surface area (Å²) in [6.07, 6.45) is 1.73. The second kappa shape index (κ2) is 20.8. The van der Waals surface area contributed by atoms with Gasteiger partial charge in [-0.05, 0) is 79.7 Å². The molecule has 352 valence electrons. The van der Waals surface area contributed by atoms with Gasteiger partial charge >= 0.3 is 12.2 Å². The molecule has 64 heavy (non-hydrogen) atoms. The Hall–Kier alpha value is -5.12. The lowest BCUT2D eigenvalue weighted by Gasteiger charge is -2.34. The van der Waals surface area contributed by atoms with Crippen molar-refractivity contribution in [3.63, 3.8) is 0 Å². The Bertz CT molecular complexity index is 2070. The Labute approximate surface area is 378 Å². The first-order valence-electron chi connectivity index (χ1n) is 22.0. The molecule has 2 N–H and O–H groups in total. The van der Waals surface area contributed by atoms with Gasteiger partial charge in [-0.3, -0.25) is 19.0 Å². The zero-order chi connectivity index (χ0) is 46.2. The molecular weight excluding hydrogens is 849 g/mol. The second-order valence-electron chi connectivity index (χ2n) is 18.5. The fourth-order valence-corrected chi connectivity index (χ4v) is 8.26. The van der Waals surface area contributed by atoms with Gasteiger partial charge in [-0.15, -0.1) is 11.3 Å². The molecule has 3 saturated heterocycles. The molecule has 5 amide bonds. The van der Waals surface area contributed by atoms with Crippen LogP contribution in [-0.4, -0.2) is 164 Å². The van der Waals surface area contributed by atoms with Gasteiger partial charge in [0, 0.05) is 70.2 Å². The minimum Gasteiger partial charge on any atom is -0.444 e. The summed E-state index contributed by atoms with van der Waals surface area (Å²) in [5.74, 6) is -0.830. The summed E-state index contributed by atoms with van der Waals surface area (Å²) < 4.78 is 31.9. The number of nitrogens with one attached hydrogen (secondary N) is 2. The minimum atomic E-state index is -0.963. The number of carbonyl (C=O) groups excluding carboxylic acids is 5. The van der Waals surface area contributed by atoms with Crippen molar-refractivity contribution in [2.45, 2.75) is 129 Å². The molecule has 0 aromatic carbocycles. The van der Waals surface area contributed by atoms with Gasteiger partial charge in [0.25, 0.3) is 5.91 Å². The Kier molecular flexibility index (Phi) is 15.7. The van der Waals surface area contributed by atoms with Gasteiger partial charge in [-0.25, -0.2) is 24.5 Å². The van der Waals surface area contributed by atoms with Crippen LogP contribution in [0.1, 0.15) is 92.2 Å². The number of ether oxygens (including phenoxy) is 5. The number of carbonyl (C=O) groups is 5. The fourth-order valence-electron chi connectivity index (χ4n) is 7.61. The zero-order valence-electron chi connectivity index (χ0n) is 38.2. The van der Waals surface area contributed by atoms with Crippen LogP contribution < -0.4 is 10.6 Å². The van der Waals surface area contributed by atoms with Crippen molar-refractivity contribution < 1.29 is 47.7 Å². The highest BCUT2D eigenvalue weighted by Gasteiger charge is 2.58. The van der Waals surface area contributed by atoms with Crippen LogP contribution in [0.5, 0.6) is 0 Å². The number of hydrogen-bond acceptors (Lipinski definition) is 15. The number of rotatable bonds is 12. The lowest BCUT2D eigenvalue weighted by molar-refractivity contribution is -0.197. The molecular formula is C43H64N10O10S. The highest BCUT2D eigenvalue weighted by molar-refractivity contribution is 7.09. The van der Waals surface area contributed by atoms with Gasteiger partial charge in [0.15, 0.2) is 35.1 Å². The maximum atomic E-state index is 13.7. The summed E-state index contributed by atoms with van der Waals surface area (Å²) in [5.41, 5.74) is -0.401. The van der Waals surface area contributed by atoms with E-state index >= 15 is 0 Å². The molecule has 6 heterocycles. The van der Waals surface area contributed by atoms with Crippen LogP contribution in [-0.2, 0) is 44.6 Å². The predicted octanol–water partition coefficient (Wildman–Crippen LogP) is 4.37. The Morgan fingerprint density at radius 1 is 0.844 bits per heavy atom. The summed E-state index contributed by atoms with van der Waals surface area (Å²) in [6.45, 7) is 16.7. The van der Waals surface area contributed by atoms with Crippen LogP contribution >= 0.6 is 11.3 Å². The van der Waals surface area contributed by atoms with Crippen LogP contribution in [0, 0.1) is 0 Å². The molecule has 21 heteroatoms. The lowest BCUT2D eigenvalue weighted by Crippen LogP contribution is -2.50. The first-order valence-corrected chi connectivity index (χ1v) is 22.8. The number of hydrogen-bond donors (Lipinski definition) is 2. The van der Waals surface area contributed by atoms with Gasteiger partial charge < -0.3 is 53.9 Å². The van der Waals surface area contributed by atoms with Crippen LogP contribution in [0.25, 0.3) is 11.2 Å². The predicted molar refractivity (Wildman–Crippen MR) is 236 cm³/mol. The van der Waals surface area contributed by atoms with E-state index in [0.29, 0.717) is 55.7 Å². The molecule has 0 radical (unpaired) electrons. The average Bonchev–Trinajstić information content (AvgIpc) is 4.01. The number of imidazole rings is 1. The maximum absolute atomic E-state index is 13.7. The summed E-state index contributed by atoms with van der Waals surface area (Å²) in [7, 11) is 0. The van der Waals surface area contributed by atoms with Crippen LogP contribution in [0.3, 0.4) is 0 Å². The average molecular weight is 913 g/mol. The number of unbranched alkanes of at least 4 members (excludes halogenated alkanes) is 2. The molecule has 6 rings (SSSR count). The Morgan fingerprint density at radius 2 is 1.47 bits per heavy atom. The van der Waals surface area contributed by atoms with E-state index in [1.165, 1.54) is 21.0 Å². The molecule has 0 spiro atoms. The highest BCUT2D eigenvalue weighted by atomic mass is 32.1. The Morgan fingerprint density at radius 3 is 2.09 bits per heavy atom. The van der Waals surface area contributed by atoms with E-state index in [4.69, 9.17) is 23.7 Å². The van der Waals surface area contributed by atoms with Crippen molar-refractivity contribution in [3.8, 4) is 0 Å². The lowest BCUT2D eigenvalue weighted by atomic mass is 10.1. The topological polar surface area (TPSA) is 212 Å². The van der Waals surface area contributed by atoms with Gasteiger partial charge in [0.1, 0.15) is 29.7 Å². The van der Waals surface area contributed by atoms with E-state index in [-0.39, 0.29) is 70.6 Å². The molecule has 3 aliphatic rings. The van der Waals surface area contributed by atoms with Crippen LogP contribution in [0.2, 0.25) is 0 Å². The van der Waals surface area contributed by atoms with E-state index in [1.54, 1.807) is 82.5 Å². The van der Waals surface area contributed by atoms with E-state index in [9.17, 15) is 24.0 Å². The molecule has 3 fully saturated rings. The SMILES string of the molecule is CC(C)(C)OC(=O)N1CCN(C=O)CCN(C(=O)CCCCCNC(=O)[C@H]2O[C@@H](n3cnc4c(NCc5cccs5)ncnc43)[C@@H]3OC(C)(C)O[C@@H]32)CCN(C(=O)OC(C)(C)C)CC1. The third kappa shape index (κ3) is 13.0. The normalized spacial score (nSPS) is 22.1. The standard InChI is InChI=1S/C43H64N10O10S/c1-41(2,3)62-39(57)51-19-17-49(28-54)16-18-50(20-21-52(23-22-51)40(58)63-42(4,5)6)30(55)14-10-9-11-15-44-37(56)33-32-34(61-43(7,8)60-32)38(59-33)53-27-48-31-35(46-26-47-36(31)53)45-25-29-13-12-24-64-29/h12-13,24,26-28,32-34,38H,9-11,14-23,25H2,1-8H3,(H,44,56)(H,45,46,47)/t32-,33+,34-,38-/m1/s1. The van der Waals surface area contributed by atoms with Crippen molar-refractivity contribution in [2.75, 3.05) is 64.2 Å². The molecule has 20 nitrogen and oxygen atoms in total. The molecule has 0 saturated carbocycles. The van der Waals surface area contributed by atoms with Gasteiger partial charge in [0.05, 0.1) is 12.9 Å². The first kappa shape index (κ1) is 48.3. The van der Waals surface area contributed by atoms with Gasteiger partial charge in [-0.2, -0.15) is 0 Å². The van der Waals surface area contributed by atoms with Crippen molar-refractivity contribution in [1.82, 2.24) is 44.4 Å². The summed E-state index contributed by atoms with van der Waals surface area (Å²) >= 11 is 1.64. The third-order valence-corrected chi connectivity index (χ3v) is 11.6. The molecule has 0 aliphatic carbocycles. The smallest absolute Gasteiger partial charge is 0.410 e. The highest BCUT2D eigenvalue weighted by Crippen LogP contribution is 2.44. The number of amides is 5. The number of nitrogens with zero attached hydrogens (tertiary/aromatic N) is 8. The first-order chi connectivity index (χ1) is 30.3. The van der Waals surface area contributed by atoms with E-state index in [1.807, 2.05) is 17.5 Å². The molecule has 3 aromatic heterocycles. The number of fused-ring (bicyclic) bond motifs is 2. The Balaban J connectivity index is 1.01. The minimum absolute atomic E-state index is 0.119.